The molecule has 0 saturated heterocycles. The van der Waals surface area contributed by atoms with Crippen molar-refractivity contribution < 1.29 is 95.0 Å². The summed E-state index contributed by atoms with van der Waals surface area (Å²) in [7, 11) is -11.2. The first-order valence-corrected chi connectivity index (χ1v) is 37.7. The number of Topliss-reactive ketones (excluding diaryl/α,β-unsaturated/α-hetero) is 1. The summed E-state index contributed by atoms with van der Waals surface area (Å²) in [6.07, 6.45) is 29.8. The van der Waals surface area contributed by atoms with Gasteiger partial charge in [-0.2, -0.15) is 43.2 Å². The number of rotatable bonds is 14. The van der Waals surface area contributed by atoms with Gasteiger partial charge in [-0.05, 0) is 239 Å². The van der Waals surface area contributed by atoms with Gasteiger partial charge in [0.25, 0.3) is 0 Å². The third kappa shape index (κ3) is 16.4. The van der Waals surface area contributed by atoms with E-state index in [-0.39, 0.29) is 64.8 Å². The fourth-order valence-electron chi connectivity index (χ4n) is 21.2. The number of alkyl halides is 6. The fourth-order valence-corrected chi connectivity index (χ4v) is 22.2. The summed E-state index contributed by atoms with van der Waals surface area (Å²) in [6.45, 7) is 29.2. The van der Waals surface area contributed by atoms with Crippen molar-refractivity contribution in [2.75, 3.05) is 13.2 Å². The number of aliphatic hydroxyl groups is 4. The van der Waals surface area contributed by atoms with Gasteiger partial charge in [-0.15, -0.1) is 0 Å². The molecule has 10 aliphatic rings. The van der Waals surface area contributed by atoms with Crippen LogP contribution in [0.25, 0.3) is 0 Å². The van der Waals surface area contributed by atoms with E-state index in [0.717, 1.165) is 94.3 Å². The molecule has 0 aromatic rings. The summed E-state index contributed by atoms with van der Waals surface area (Å²) in [5.41, 5.74) is -10.2. The monoisotopic (exact) mass is 1370 g/mol. The van der Waals surface area contributed by atoms with Gasteiger partial charge in [0.1, 0.15) is 17.3 Å². The van der Waals surface area contributed by atoms with Crippen LogP contribution in [0.2, 0.25) is 0 Å². The first-order chi connectivity index (χ1) is 42.7. The second kappa shape index (κ2) is 31.5. The van der Waals surface area contributed by atoms with E-state index in [0.29, 0.717) is 95.7 Å². The standard InChI is InChI=1S/C15H23F3O3S.C14H21F3O4S.C14H26O.C14H24O.C13H24O2.V.2H/c1-4-10(2)11-7-8-12-13(6-5-9-14(11,12)3)21-22(19,20)15(16,17)18;1-9(8-18)10-5-6-11-12(4-3-7-13(10,11)2)21-22(19,20)14(15,16)17;2*1-4-10(2)11-7-8-12-13(15)6-5-9-14(11,12)3;1-9(8-14)10-5-6-11-12(15)4-3-7-13(10,11)2;;;/h6,10-12H,4-5,7-9H2,1-3H3;4,9-11,18H,3,5-8H2,1-2H3;10-13,15H,4-9H2,1-3H3;10-12H,4-9H2,1-3H3;9-12,14-15H,3-8H2,1-2H3;;;/t10-,11-,12?,14-;9-,10-,11?,13-;10-,11-,12?,13?,14-;10-,11-,12?,14-;9-,10-,11?,12?,13-;;;/m11111.../s1/i;;;;;;2*1+1. The second-order valence-electron chi connectivity index (χ2n) is 31.3. The molecule has 8 saturated carbocycles. The molecule has 0 bridgehead atoms. The van der Waals surface area contributed by atoms with Gasteiger partial charge >= 0.3 is 51.3 Å². The molecule has 0 aromatic carbocycles. The number of aliphatic hydroxyl groups excluding tert-OH is 4. The number of halogens is 6. The molecule has 7 unspecified atom stereocenters. The third-order valence-electron chi connectivity index (χ3n) is 26.7. The molecule has 90 heavy (non-hydrogen) atoms. The van der Waals surface area contributed by atoms with Crippen molar-refractivity contribution in [3.63, 3.8) is 0 Å². The molecule has 0 amide bonds. The molecular formula is C70H120F6O11S2V. The summed E-state index contributed by atoms with van der Waals surface area (Å²) in [5.74, 6) is 6.72. The normalized spacial score (nSPS) is 39.8. The summed E-state index contributed by atoms with van der Waals surface area (Å²) in [5, 5.41) is 38.8. The van der Waals surface area contributed by atoms with E-state index < -0.39 is 49.5 Å². The van der Waals surface area contributed by atoms with Crippen molar-refractivity contribution >= 4 is 26.0 Å². The number of allylic oxidation sites excluding steroid dienone is 4. The molecule has 4 N–H and O–H groups in total. The molecule has 20 heteroatoms. The Bertz CT molecular complexity index is 2500. The SMILES string of the molecule is CC[C@@H](C)[C@H]1CCC2C(=O)CCC[C@@]21C.CC[C@@H](C)[C@H]1CCC2C(O)CCC[C@@]21C.CC[C@@H](C)[C@H]1CCC2C(OS(=O)(=O)C(F)(F)F)=CCC[C@@]21C.C[C@H](CO)[C@H]1CCC2C(O)CCC[C@@]21C.C[C@H](CO)[C@H]1CCC2C(OS(=O)(=O)C(F)(F)F)=CCC[C@@]21C.[2H][V][2H]. The van der Waals surface area contributed by atoms with Gasteiger partial charge in [0.2, 0.25) is 0 Å². The van der Waals surface area contributed by atoms with Crippen molar-refractivity contribution in [1.29, 1.82) is 1.76 Å². The van der Waals surface area contributed by atoms with Crippen molar-refractivity contribution in [2.45, 2.75) is 280 Å². The van der Waals surface area contributed by atoms with Gasteiger partial charge < -0.3 is 28.8 Å². The van der Waals surface area contributed by atoms with Gasteiger partial charge in [-0.25, -0.2) is 0 Å². The van der Waals surface area contributed by atoms with Crippen molar-refractivity contribution in [2.24, 2.45) is 116 Å². The van der Waals surface area contributed by atoms with Crippen LogP contribution in [0, 0.1) is 116 Å². The average Bonchev–Trinajstić information content (AvgIpc) is 1.60. The number of carbonyl (C=O) groups is 1. The molecular weight excluding hydrogens is 1250 g/mol. The van der Waals surface area contributed by atoms with Gasteiger partial charge in [-0.1, -0.05) is 122 Å². The molecule has 0 radical (unpaired) electrons. The van der Waals surface area contributed by atoms with E-state index in [1.807, 2.05) is 13.8 Å². The number of fused-ring (bicyclic) bond motifs is 5. The zero-order valence-corrected chi connectivity index (χ0v) is 60.0. The maximum atomic E-state index is 12.5. The molecule has 22 atom stereocenters. The quantitative estimate of drug-likeness (QED) is 0.0737. The van der Waals surface area contributed by atoms with Crippen LogP contribution in [0.5, 0.6) is 0 Å². The van der Waals surface area contributed by atoms with Crippen molar-refractivity contribution in [3.05, 3.63) is 23.7 Å². The number of hydrogen-bond donors (Lipinski definition) is 4. The van der Waals surface area contributed by atoms with Crippen molar-refractivity contribution in [3.8, 4) is 0 Å². The molecule has 525 valence electrons. The van der Waals surface area contributed by atoms with E-state index >= 15 is 0 Å². The van der Waals surface area contributed by atoms with Gasteiger partial charge in [-0.3, -0.25) is 4.79 Å². The van der Waals surface area contributed by atoms with E-state index in [9.17, 15) is 68.4 Å². The first kappa shape index (κ1) is 76.0. The molecule has 10 rings (SSSR count). The second-order valence-corrected chi connectivity index (χ2v) is 34.4. The van der Waals surface area contributed by atoms with Crippen molar-refractivity contribution in [1.82, 2.24) is 0 Å². The van der Waals surface area contributed by atoms with E-state index in [4.69, 9.17) is 1.76 Å². The van der Waals surface area contributed by atoms with E-state index in [2.05, 4.69) is 84.5 Å². The Morgan fingerprint density at radius 2 is 0.800 bits per heavy atom. The van der Waals surface area contributed by atoms with Crippen LogP contribution in [0.4, 0.5) is 26.3 Å². The van der Waals surface area contributed by atoms with Crippen LogP contribution in [-0.2, 0) is 51.7 Å². The van der Waals surface area contributed by atoms with Crippen LogP contribution < -0.4 is 0 Å². The van der Waals surface area contributed by atoms with Crippen LogP contribution in [0.1, 0.15) is 257 Å². The van der Waals surface area contributed by atoms with Crippen LogP contribution in [0.3, 0.4) is 0 Å². The Morgan fingerprint density at radius 3 is 1.14 bits per heavy atom. The number of hydrogen-bond acceptors (Lipinski definition) is 11. The maximum absolute atomic E-state index is 12.5. The molecule has 10 aliphatic carbocycles. The minimum atomic E-state index is -5.62. The zero-order valence-electron chi connectivity index (χ0n) is 58.9. The fraction of sp³-hybridized carbons (Fsp3) is 0.929. The molecule has 11 nitrogen and oxygen atoms in total. The Kier molecular flexibility index (Phi) is 26.6. The zero-order chi connectivity index (χ0) is 69.4. The van der Waals surface area contributed by atoms with E-state index in [1.54, 1.807) is 0 Å². The topological polar surface area (TPSA) is 185 Å². The Hall–Kier alpha value is -1.35. The van der Waals surface area contributed by atoms with Crippen LogP contribution >= 0.6 is 0 Å². The molecule has 0 spiro atoms. The van der Waals surface area contributed by atoms with Crippen LogP contribution in [0.15, 0.2) is 23.7 Å². The number of ketones is 1. The third-order valence-corrected chi connectivity index (χ3v) is 28.7. The van der Waals surface area contributed by atoms with Gasteiger partial charge in [0.05, 0.1) is 12.2 Å². The van der Waals surface area contributed by atoms with E-state index in [1.165, 1.54) is 82.8 Å². The molecule has 8 fully saturated rings. The minimum absolute atomic E-state index is 0.00203. The summed E-state index contributed by atoms with van der Waals surface area (Å²) >= 11 is -0.812. The Balaban J connectivity index is 0.000000208. The average molecular weight is 1370 g/mol. The molecule has 0 heterocycles. The summed E-state index contributed by atoms with van der Waals surface area (Å²) < 4.78 is 141. The summed E-state index contributed by atoms with van der Waals surface area (Å²) in [4.78, 5) is 11.9. The predicted molar refractivity (Wildman–Crippen MR) is 341 cm³/mol. The van der Waals surface area contributed by atoms with Gasteiger partial charge in [0.15, 0.2) is 0 Å². The summed E-state index contributed by atoms with van der Waals surface area (Å²) in [6, 6.07) is 0. The molecule has 0 aliphatic heterocycles. The predicted octanol–water partition coefficient (Wildman–Crippen LogP) is 16.9. The Labute approximate surface area is 552 Å². The molecule has 0 aromatic heterocycles. The first-order valence-electron chi connectivity index (χ1n) is 35.7. The van der Waals surface area contributed by atoms with Gasteiger partial charge in [0, 0.05) is 37.4 Å². The Morgan fingerprint density at radius 1 is 0.500 bits per heavy atom. The van der Waals surface area contributed by atoms with Crippen LogP contribution in [-0.4, -0.2) is 81.2 Å². The number of carbonyl (C=O) groups excluding carboxylic acids is 1.